The molecule has 5 rings (SSSR count). The molecule has 0 saturated carbocycles. The van der Waals surface area contributed by atoms with Crippen molar-refractivity contribution < 1.29 is 22.0 Å². The van der Waals surface area contributed by atoms with Gasteiger partial charge >= 0.3 is 0 Å². The molecule has 208 valence electrons. The highest BCUT2D eigenvalue weighted by atomic mass is 32.2. The van der Waals surface area contributed by atoms with E-state index in [1.54, 1.807) is 29.4 Å². The predicted octanol–water partition coefficient (Wildman–Crippen LogP) is 5.39. The molecule has 40 heavy (non-hydrogen) atoms. The molecule has 4 aromatic rings. The smallest absolute Gasteiger partial charge is 0.241 e. The second-order valence-electron chi connectivity index (χ2n) is 10.1. The van der Waals surface area contributed by atoms with Gasteiger partial charge in [-0.2, -0.15) is 0 Å². The number of rotatable bonds is 9. The number of sulfonamides is 1. The van der Waals surface area contributed by atoms with Crippen LogP contribution >= 0.6 is 0 Å². The van der Waals surface area contributed by atoms with Crippen molar-refractivity contribution in [2.75, 3.05) is 4.90 Å². The number of carbonyl (C=O) groups is 1. The van der Waals surface area contributed by atoms with E-state index in [9.17, 15) is 22.0 Å². The molecule has 0 bridgehead atoms. The monoisotopic (exact) mass is 564 g/mol. The zero-order valence-electron chi connectivity index (χ0n) is 22.2. The molecule has 0 unspecified atom stereocenters. The van der Waals surface area contributed by atoms with Crippen LogP contribution in [0.15, 0.2) is 84.0 Å². The lowest BCUT2D eigenvalue weighted by Gasteiger charge is -2.26. The van der Waals surface area contributed by atoms with Crippen molar-refractivity contribution in [3.8, 4) is 0 Å². The largest absolute Gasteiger partial charge is 0.337 e. The van der Waals surface area contributed by atoms with Gasteiger partial charge in [-0.15, -0.1) is 0 Å². The molecule has 1 heterocycles. The molecule has 2 atom stereocenters. The molecule has 0 aliphatic heterocycles. The van der Waals surface area contributed by atoms with E-state index in [1.165, 1.54) is 24.3 Å². The first kappa shape index (κ1) is 27.7. The van der Waals surface area contributed by atoms with E-state index in [-0.39, 0.29) is 35.5 Å². The Hall–Kier alpha value is -3.89. The van der Waals surface area contributed by atoms with Crippen LogP contribution in [0.5, 0.6) is 0 Å². The second-order valence-corrected chi connectivity index (χ2v) is 11.9. The van der Waals surface area contributed by atoms with Gasteiger partial charge in [-0.05, 0) is 84.0 Å². The van der Waals surface area contributed by atoms with Crippen molar-refractivity contribution in [2.45, 2.75) is 49.6 Å². The van der Waals surface area contributed by atoms with Crippen molar-refractivity contribution >= 4 is 21.6 Å². The van der Waals surface area contributed by atoms with Gasteiger partial charge in [0.25, 0.3) is 0 Å². The molecule has 3 aromatic carbocycles. The number of hydrogen-bond donors (Lipinski definition) is 1. The van der Waals surface area contributed by atoms with Crippen molar-refractivity contribution in [2.24, 2.45) is 7.05 Å². The molecule has 1 aromatic heterocycles. The number of aryl methyl sites for hydroxylation is 2. The van der Waals surface area contributed by atoms with Gasteiger partial charge in [0.1, 0.15) is 17.5 Å². The van der Waals surface area contributed by atoms with E-state index < -0.39 is 21.9 Å². The highest BCUT2D eigenvalue weighted by Gasteiger charge is 2.30. The third-order valence-corrected chi connectivity index (χ3v) is 8.85. The quantitative estimate of drug-likeness (QED) is 0.296. The lowest BCUT2D eigenvalue weighted by Crippen LogP contribution is -2.32. The van der Waals surface area contributed by atoms with Gasteiger partial charge < -0.3 is 9.47 Å². The first-order valence-electron chi connectivity index (χ1n) is 13.0. The average molecular weight is 565 g/mol. The first-order chi connectivity index (χ1) is 19.1. The zero-order valence-corrected chi connectivity index (χ0v) is 23.0. The molecule has 1 aliphatic rings. The summed E-state index contributed by atoms with van der Waals surface area (Å²) >= 11 is 0. The summed E-state index contributed by atoms with van der Waals surface area (Å²) in [7, 11) is -2.04. The van der Waals surface area contributed by atoms with E-state index in [0.717, 1.165) is 28.8 Å². The molecule has 0 saturated heterocycles. The number of carbonyl (C=O) groups excluding carboxylic acids is 1. The molecule has 0 spiro atoms. The Bertz CT molecular complexity index is 1640. The summed E-state index contributed by atoms with van der Waals surface area (Å²) in [5.74, 6) is -0.577. The fourth-order valence-electron chi connectivity index (χ4n) is 5.07. The lowest BCUT2D eigenvalue weighted by atomic mass is 9.96. The lowest BCUT2D eigenvalue weighted by molar-refractivity contribution is -0.119. The number of halogens is 2. The number of aromatic nitrogens is 2. The summed E-state index contributed by atoms with van der Waals surface area (Å²) in [6.07, 6.45) is 4.84. The van der Waals surface area contributed by atoms with Crippen LogP contribution in [-0.2, 0) is 34.8 Å². The molecule has 1 aliphatic carbocycles. The number of fused-ring (bicyclic) bond motifs is 1. The molecule has 1 amide bonds. The van der Waals surface area contributed by atoms with Crippen LogP contribution in [0.1, 0.15) is 54.2 Å². The Morgan fingerprint density at radius 1 is 1.10 bits per heavy atom. The second kappa shape index (κ2) is 11.3. The minimum absolute atomic E-state index is 0.0172. The Kier molecular flexibility index (Phi) is 7.82. The van der Waals surface area contributed by atoms with Gasteiger partial charge in [0.15, 0.2) is 0 Å². The number of nitrogens with zero attached hydrogens (tertiary/aromatic N) is 3. The molecular weight excluding hydrogens is 534 g/mol. The van der Waals surface area contributed by atoms with Crippen LogP contribution in [0.3, 0.4) is 0 Å². The van der Waals surface area contributed by atoms with Crippen LogP contribution < -0.4 is 9.62 Å². The summed E-state index contributed by atoms with van der Waals surface area (Å²) in [4.78, 5) is 19.7. The normalized spacial score (nSPS) is 15.6. The Balaban J connectivity index is 1.43. The molecule has 0 fully saturated rings. The van der Waals surface area contributed by atoms with Gasteiger partial charge in [0.2, 0.25) is 15.9 Å². The Morgan fingerprint density at radius 2 is 1.88 bits per heavy atom. The van der Waals surface area contributed by atoms with Crippen molar-refractivity contribution in [3.63, 3.8) is 0 Å². The molecule has 0 radical (unpaired) electrons. The summed E-state index contributed by atoms with van der Waals surface area (Å²) in [5.41, 5.74) is 3.13. The van der Waals surface area contributed by atoms with Crippen LogP contribution in [0, 0.1) is 11.6 Å². The molecular formula is C30H30F2N4O3S. The van der Waals surface area contributed by atoms with Gasteiger partial charge in [0.05, 0.1) is 11.4 Å². The van der Waals surface area contributed by atoms with Crippen molar-refractivity contribution in [1.29, 1.82) is 0 Å². The topological polar surface area (TPSA) is 84.3 Å². The highest BCUT2D eigenvalue weighted by Crippen LogP contribution is 2.36. The zero-order chi connectivity index (χ0) is 28.4. The van der Waals surface area contributed by atoms with E-state index in [0.29, 0.717) is 24.4 Å². The van der Waals surface area contributed by atoms with Crippen molar-refractivity contribution in [3.05, 3.63) is 113 Å². The maximum atomic E-state index is 13.8. The van der Waals surface area contributed by atoms with E-state index in [2.05, 4.69) is 9.71 Å². The molecule has 10 heteroatoms. The number of nitrogens with one attached hydrogen (secondary N) is 1. The summed E-state index contributed by atoms with van der Waals surface area (Å²) in [6, 6.07) is 16.1. The van der Waals surface area contributed by atoms with Gasteiger partial charge in [0, 0.05) is 37.6 Å². The Morgan fingerprint density at radius 3 is 2.58 bits per heavy atom. The van der Waals surface area contributed by atoms with Crippen LogP contribution in [0.4, 0.5) is 14.5 Å². The summed E-state index contributed by atoms with van der Waals surface area (Å²) in [5, 5.41) is 0. The summed E-state index contributed by atoms with van der Waals surface area (Å²) < 4.78 is 57.8. The van der Waals surface area contributed by atoms with Crippen LogP contribution in [0.2, 0.25) is 0 Å². The first-order valence-corrected chi connectivity index (χ1v) is 14.5. The molecule has 7 nitrogen and oxygen atoms in total. The van der Waals surface area contributed by atoms with Crippen LogP contribution in [0.25, 0.3) is 0 Å². The van der Waals surface area contributed by atoms with Gasteiger partial charge in [-0.25, -0.2) is 26.9 Å². The molecule has 1 N–H and O–H groups in total. The van der Waals surface area contributed by atoms with E-state index in [1.807, 2.05) is 36.7 Å². The van der Waals surface area contributed by atoms with Gasteiger partial charge in [-0.1, -0.05) is 25.1 Å². The number of amides is 1. The van der Waals surface area contributed by atoms with E-state index >= 15 is 0 Å². The third-order valence-electron chi connectivity index (χ3n) is 7.36. The number of anilines is 1. The Labute approximate surface area is 232 Å². The standard InChI is InChI=1S/C30H30F2N4O3S/c1-20(22-4-3-5-24(32)17-22)16-30(37)36(19-29-33-14-15-35(29)2)25-10-6-21-7-13-28(27(21)18-25)34-40(38,39)26-11-8-23(31)9-12-26/h3-6,8-12,14-15,17-18,20,28,34H,7,13,16,19H2,1-2H3/t20-,28-/m1/s1. The fraction of sp³-hybridized carbons (Fsp3) is 0.267. The highest BCUT2D eigenvalue weighted by molar-refractivity contribution is 7.89. The van der Waals surface area contributed by atoms with Gasteiger partial charge in [-0.3, -0.25) is 4.79 Å². The minimum Gasteiger partial charge on any atom is -0.337 e. The van der Waals surface area contributed by atoms with Crippen LogP contribution in [-0.4, -0.2) is 23.9 Å². The predicted molar refractivity (Wildman–Crippen MR) is 148 cm³/mol. The minimum atomic E-state index is -3.89. The summed E-state index contributed by atoms with van der Waals surface area (Å²) in [6.45, 7) is 2.09. The fourth-order valence-corrected chi connectivity index (χ4v) is 6.32. The number of imidazole rings is 1. The van der Waals surface area contributed by atoms with Crippen molar-refractivity contribution in [1.82, 2.24) is 14.3 Å². The van der Waals surface area contributed by atoms with E-state index in [4.69, 9.17) is 0 Å². The number of benzene rings is 3. The SMILES string of the molecule is C[C@H](CC(=O)N(Cc1nccn1C)c1ccc2c(c1)[C@H](NS(=O)(=O)c1ccc(F)cc1)CC2)c1cccc(F)c1. The number of hydrogen-bond acceptors (Lipinski definition) is 4. The maximum absolute atomic E-state index is 13.8. The average Bonchev–Trinajstić information content (AvgIpc) is 3.52. The third kappa shape index (κ3) is 5.97. The maximum Gasteiger partial charge on any atom is 0.241 e.